The fraction of sp³-hybridized carbons (Fsp3) is 0.312. The molecular weight excluding hydrogens is 598 g/mol. The Morgan fingerprint density at radius 3 is 2.56 bits per heavy atom. The number of hydrogen-bond donors (Lipinski definition) is 2. The molecule has 0 amide bonds. The lowest BCUT2D eigenvalue weighted by Gasteiger charge is -2.40. The molecule has 0 saturated carbocycles. The van der Waals surface area contributed by atoms with Crippen LogP contribution in [0.4, 0.5) is 25.8 Å². The highest BCUT2D eigenvalue weighted by Gasteiger charge is 2.29. The summed E-state index contributed by atoms with van der Waals surface area (Å²) in [6, 6.07) is 10.2. The molecule has 1 fully saturated rings. The molecule has 1 aromatic carbocycles. The van der Waals surface area contributed by atoms with Crippen molar-refractivity contribution in [3.05, 3.63) is 94.9 Å². The van der Waals surface area contributed by atoms with Gasteiger partial charge >= 0.3 is 0 Å². The van der Waals surface area contributed by atoms with Gasteiger partial charge in [0.05, 0.1) is 52.0 Å². The number of nitriles is 1. The van der Waals surface area contributed by atoms with E-state index in [0.717, 1.165) is 43.8 Å². The van der Waals surface area contributed by atoms with Gasteiger partial charge in [0.2, 0.25) is 5.95 Å². The van der Waals surface area contributed by atoms with Crippen LogP contribution in [0.25, 0.3) is 10.9 Å². The molecular formula is C32H31ClF2N10. The zero-order valence-corrected chi connectivity index (χ0v) is 25.7. The van der Waals surface area contributed by atoms with Crippen LogP contribution in [0.3, 0.4) is 0 Å². The Balaban J connectivity index is 1.35. The minimum absolute atomic E-state index is 0.125. The molecule has 5 aromatic rings. The van der Waals surface area contributed by atoms with E-state index in [4.69, 9.17) is 11.6 Å². The highest BCUT2D eigenvalue weighted by atomic mass is 35.5. The second kappa shape index (κ2) is 12.3. The SMILES string of the molecule is CC(C)(C)N1CCC(n2cc(C(Nc3cc(Cl)c4ncc(C#N)c(Nc5cnc(F)c(F)c5)c4c3)c3cccnc3)nn2)CC1. The maximum Gasteiger partial charge on any atom is 0.249 e. The van der Waals surface area contributed by atoms with Gasteiger partial charge in [-0.2, -0.15) is 9.65 Å². The summed E-state index contributed by atoms with van der Waals surface area (Å²) in [7, 11) is 0. The number of rotatable bonds is 7. The largest absolute Gasteiger partial charge is 0.373 e. The Labute approximate surface area is 264 Å². The van der Waals surface area contributed by atoms with Crippen LogP contribution in [0.5, 0.6) is 0 Å². The van der Waals surface area contributed by atoms with Crippen LogP contribution in [0, 0.1) is 23.1 Å². The van der Waals surface area contributed by atoms with E-state index in [2.05, 4.69) is 67.6 Å². The van der Waals surface area contributed by atoms with E-state index in [1.807, 2.05) is 23.0 Å². The zero-order chi connectivity index (χ0) is 31.7. The lowest BCUT2D eigenvalue weighted by molar-refractivity contribution is 0.0866. The van der Waals surface area contributed by atoms with E-state index in [-0.39, 0.29) is 22.8 Å². The predicted molar refractivity (Wildman–Crippen MR) is 168 cm³/mol. The third-order valence-corrected chi connectivity index (χ3v) is 8.34. The van der Waals surface area contributed by atoms with E-state index < -0.39 is 17.8 Å². The van der Waals surface area contributed by atoms with Crippen LogP contribution in [0.15, 0.2) is 61.3 Å². The minimum Gasteiger partial charge on any atom is -0.373 e. The highest BCUT2D eigenvalue weighted by molar-refractivity contribution is 6.36. The number of pyridine rings is 3. The molecule has 1 saturated heterocycles. The van der Waals surface area contributed by atoms with Crippen LogP contribution in [-0.4, -0.2) is 53.5 Å². The number of hydrogen-bond acceptors (Lipinski definition) is 9. The van der Waals surface area contributed by atoms with Gasteiger partial charge in [-0.25, -0.2) is 14.1 Å². The van der Waals surface area contributed by atoms with Crippen molar-refractivity contribution in [2.24, 2.45) is 0 Å². The quantitative estimate of drug-likeness (QED) is 0.187. The molecule has 1 aliphatic heterocycles. The van der Waals surface area contributed by atoms with Gasteiger partial charge in [0.25, 0.3) is 0 Å². The fourth-order valence-electron chi connectivity index (χ4n) is 5.64. The molecule has 0 aliphatic carbocycles. The second-order valence-electron chi connectivity index (χ2n) is 12.0. The van der Waals surface area contributed by atoms with E-state index in [9.17, 15) is 14.0 Å². The van der Waals surface area contributed by atoms with E-state index >= 15 is 0 Å². The number of nitrogens with one attached hydrogen (secondary N) is 2. The number of fused-ring (bicyclic) bond motifs is 1. The van der Waals surface area contributed by atoms with Crippen molar-refractivity contribution in [2.75, 3.05) is 23.7 Å². The van der Waals surface area contributed by atoms with Crippen molar-refractivity contribution in [3.8, 4) is 6.07 Å². The molecule has 1 atom stereocenters. The molecule has 0 radical (unpaired) electrons. The summed E-state index contributed by atoms with van der Waals surface area (Å²) in [5.74, 6) is -2.34. The van der Waals surface area contributed by atoms with Crippen molar-refractivity contribution in [2.45, 2.75) is 51.2 Å². The lowest BCUT2D eigenvalue weighted by Crippen LogP contribution is -2.46. The fourth-order valence-corrected chi connectivity index (χ4v) is 5.91. The van der Waals surface area contributed by atoms with Gasteiger partial charge in [0.1, 0.15) is 11.8 Å². The first-order valence-electron chi connectivity index (χ1n) is 14.5. The summed E-state index contributed by atoms with van der Waals surface area (Å²) in [4.78, 5) is 14.6. The van der Waals surface area contributed by atoms with Crippen molar-refractivity contribution < 1.29 is 8.78 Å². The van der Waals surface area contributed by atoms with Gasteiger partial charge in [-0.1, -0.05) is 22.9 Å². The van der Waals surface area contributed by atoms with Gasteiger partial charge in [-0.3, -0.25) is 14.9 Å². The van der Waals surface area contributed by atoms with Gasteiger partial charge in [0, 0.05) is 54.4 Å². The number of halogens is 3. The average molecular weight is 629 g/mol. The Morgan fingerprint density at radius 2 is 1.87 bits per heavy atom. The van der Waals surface area contributed by atoms with Gasteiger partial charge in [-0.15, -0.1) is 5.10 Å². The molecule has 2 N–H and O–H groups in total. The number of aromatic nitrogens is 6. The van der Waals surface area contributed by atoms with Gasteiger partial charge in [-0.05, 0) is 57.4 Å². The molecule has 13 heteroatoms. The van der Waals surface area contributed by atoms with Crippen LogP contribution in [0.2, 0.25) is 5.02 Å². The molecule has 45 heavy (non-hydrogen) atoms. The summed E-state index contributed by atoms with van der Waals surface area (Å²) < 4.78 is 29.4. The van der Waals surface area contributed by atoms with Crippen LogP contribution >= 0.6 is 11.6 Å². The third kappa shape index (κ3) is 6.41. The summed E-state index contributed by atoms with van der Waals surface area (Å²) in [5, 5.41) is 26.3. The molecule has 0 bridgehead atoms. The van der Waals surface area contributed by atoms with E-state index in [1.165, 1.54) is 6.20 Å². The van der Waals surface area contributed by atoms with E-state index in [1.54, 1.807) is 24.5 Å². The summed E-state index contributed by atoms with van der Waals surface area (Å²) >= 11 is 6.72. The number of benzene rings is 1. The van der Waals surface area contributed by atoms with Crippen molar-refractivity contribution in [3.63, 3.8) is 0 Å². The van der Waals surface area contributed by atoms with Crippen LogP contribution < -0.4 is 10.6 Å². The molecule has 230 valence electrons. The summed E-state index contributed by atoms with van der Waals surface area (Å²) in [5.41, 5.74) is 3.38. The van der Waals surface area contributed by atoms with Crippen LogP contribution in [-0.2, 0) is 0 Å². The van der Waals surface area contributed by atoms with Crippen molar-refractivity contribution >= 4 is 39.6 Å². The first kappa shape index (κ1) is 30.3. The van der Waals surface area contributed by atoms with E-state index in [0.29, 0.717) is 33.0 Å². The number of piperidine rings is 1. The van der Waals surface area contributed by atoms with Crippen molar-refractivity contribution in [1.29, 1.82) is 5.26 Å². The monoisotopic (exact) mass is 628 g/mol. The molecule has 0 spiro atoms. The summed E-state index contributed by atoms with van der Waals surface area (Å²) in [6.45, 7) is 8.68. The van der Waals surface area contributed by atoms with Crippen molar-refractivity contribution in [1.82, 2.24) is 34.8 Å². The Bertz CT molecular complexity index is 1880. The standard InChI is InChI=1S/C32H31ClF2N10/c1-32(2,3)44-9-6-23(7-10-44)45-18-27(42-43-45)29(19-5-4-8-37-15-19)40-21-11-24-28(41-22-13-26(34)31(35)39-17-22)20(14-36)16-38-30(24)25(33)12-21/h4-5,8,11-13,15-18,23,29,40H,6-7,9-10H2,1-3H3,(H,38,41). The molecule has 1 aliphatic rings. The minimum atomic E-state index is -1.22. The first-order valence-corrected chi connectivity index (χ1v) is 14.9. The predicted octanol–water partition coefficient (Wildman–Crippen LogP) is 6.80. The topological polar surface area (TPSA) is 120 Å². The molecule has 1 unspecified atom stereocenters. The maximum atomic E-state index is 14.0. The lowest BCUT2D eigenvalue weighted by atomic mass is 9.98. The number of anilines is 3. The number of likely N-dealkylation sites (tertiary alicyclic amines) is 1. The normalized spacial score (nSPS) is 15.1. The number of nitrogens with zero attached hydrogens (tertiary/aromatic N) is 8. The zero-order valence-electron chi connectivity index (χ0n) is 25.0. The Hall–Kier alpha value is -4.73. The first-order chi connectivity index (χ1) is 21.6. The highest BCUT2D eigenvalue weighted by Crippen LogP contribution is 2.37. The molecule has 6 rings (SSSR count). The average Bonchev–Trinajstić information content (AvgIpc) is 3.52. The Kier molecular flexibility index (Phi) is 8.31. The molecule has 5 heterocycles. The van der Waals surface area contributed by atoms with Gasteiger partial charge < -0.3 is 10.6 Å². The van der Waals surface area contributed by atoms with Crippen LogP contribution in [0.1, 0.15) is 62.5 Å². The second-order valence-corrected chi connectivity index (χ2v) is 12.4. The smallest absolute Gasteiger partial charge is 0.249 e. The molecule has 10 nitrogen and oxygen atoms in total. The maximum absolute atomic E-state index is 14.0. The third-order valence-electron chi connectivity index (χ3n) is 8.05. The van der Waals surface area contributed by atoms with Gasteiger partial charge in [0.15, 0.2) is 5.82 Å². The summed E-state index contributed by atoms with van der Waals surface area (Å²) in [6.07, 6.45) is 9.91. The Morgan fingerprint density at radius 1 is 1.07 bits per heavy atom. The molecule has 4 aromatic heterocycles.